The van der Waals surface area contributed by atoms with Gasteiger partial charge in [0.1, 0.15) is 0 Å². The standard InChI is InChI=1S/C16H23N3O.2ClH/c17-13-3-1-12(2-4-13)11-16(20)18-14-7-9-19(10-8-14)15-5-6-15;;/h1-4,14-15H,5-11,17H2,(H,18,20);2*1H. The second-order valence-corrected chi connectivity index (χ2v) is 6.03. The van der Waals surface area contributed by atoms with Gasteiger partial charge in [-0.25, -0.2) is 0 Å². The van der Waals surface area contributed by atoms with Gasteiger partial charge in [0, 0.05) is 30.9 Å². The van der Waals surface area contributed by atoms with Crippen molar-refractivity contribution in [2.75, 3.05) is 18.8 Å². The lowest BCUT2D eigenvalue weighted by Gasteiger charge is -2.32. The van der Waals surface area contributed by atoms with Crippen LogP contribution in [0.1, 0.15) is 31.2 Å². The second kappa shape index (κ2) is 8.61. The molecule has 1 aromatic carbocycles. The van der Waals surface area contributed by atoms with E-state index >= 15 is 0 Å². The first-order valence-electron chi connectivity index (χ1n) is 7.58. The maximum atomic E-state index is 12.0. The van der Waals surface area contributed by atoms with E-state index in [0.717, 1.165) is 43.2 Å². The third-order valence-electron chi connectivity index (χ3n) is 4.30. The number of anilines is 1. The minimum atomic E-state index is 0. The van der Waals surface area contributed by atoms with E-state index in [-0.39, 0.29) is 30.7 Å². The average Bonchev–Trinajstić information content (AvgIpc) is 3.27. The number of hydrogen-bond acceptors (Lipinski definition) is 3. The number of nitrogens with zero attached hydrogens (tertiary/aromatic N) is 1. The lowest BCUT2D eigenvalue weighted by Crippen LogP contribution is -2.45. The van der Waals surface area contributed by atoms with Crippen molar-refractivity contribution in [3.63, 3.8) is 0 Å². The van der Waals surface area contributed by atoms with E-state index in [1.807, 2.05) is 24.3 Å². The number of hydrogen-bond donors (Lipinski definition) is 2. The Morgan fingerprint density at radius 3 is 2.23 bits per heavy atom. The fraction of sp³-hybridized carbons (Fsp3) is 0.562. The van der Waals surface area contributed by atoms with E-state index in [9.17, 15) is 4.79 Å². The molecule has 22 heavy (non-hydrogen) atoms. The molecule has 1 saturated carbocycles. The molecule has 0 bridgehead atoms. The Bertz CT molecular complexity index is 469. The summed E-state index contributed by atoms with van der Waals surface area (Å²) in [5.74, 6) is 0.125. The van der Waals surface area contributed by atoms with Gasteiger partial charge in [-0.15, -0.1) is 24.8 Å². The molecule has 0 unspecified atom stereocenters. The van der Waals surface area contributed by atoms with Crippen molar-refractivity contribution in [3.05, 3.63) is 29.8 Å². The van der Waals surface area contributed by atoms with Gasteiger partial charge < -0.3 is 16.0 Å². The number of carbonyl (C=O) groups is 1. The molecule has 0 radical (unpaired) electrons. The van der Waals surface area contributed by atoms with Crippen LogP contribution < -0.4 is 11.1 Å². The fourth-order valence-corrected chi connectivity index (χ4v) is 2.95. The largest absolute Gasteiger partial charge is 0.399 e. The summed E-state index contributed by atoms with van der Waals surface area (Å²) in [6.07, 6.45) is 5.36. The van der Waals surface area contributed by atoms with Crippen LogP contribution in [0.15, 0.2) is 24.3 Å². The number of benzene rings is 1. The van der Waals surface area contributed by atoms with Gasteiger partial charge in [-0.1, -0.05) is 12.1 Å². The van der Waals surface area contributed by atoms with Gasteiger partial charge in [0.2, 0.25) is 5.91 Å². The summed E-state index contributed by atoms with van der Waals surface area (Å²) >= 11 is 0. The molecule has 6 heteroatoms. The van der Waals surface area contributed by atoms with Crippen molar-refractivity contribution in [3.8, 4) is 0 Å². The van der Waals surface area contributed by atoms with E-state index < -0.39 is 0 Å². The highest BCUT2D eigenvalue weighted by atomic mass is 35.5. The zero-order valence-corrected chi connectivity index (χ0v) is 14.3. The van der Waals surface area contributed by atoms with Gasteiger partial charge >= 0.3 is 0 Å². The molecule has 124 valence electrons. The van der Waals surface area contributed by atoms with E-state index in [2.05, 4.69) is 10.2 Å². The maximum absolute atomic E-state index is 12.0. The summed E-state index contributed by atoms with van der Waals surface area (Å²) in [5, 5.41) is 3.16. The van der Waals surface area contributed by atoms with Crippen LogP contribution in [0.4, 0.5) is 5.69 Å². The van der Waals surface area contributed by atoms with Crippen molar-refractivity contribution in [1.29, 1.82) is 0 Å². The van der Waals surface area contributed by atoms with Crippen LogP contribution >= 0.6 is 24.8 Å². The third kappa shape index (κ3) is 5.34. The molecule has 1 aliphatic heterocycles. The minimum absolute atomic E-state index is 0. The van der Waals surface area contributed by atoms with Gasteiger partial charge in [0.05, 0.1) is 6.42 Å². The molecule has 1 amide bonds. The first-order valence-corrected chi connectivity index (χ1v) is 7.58. The zero-order valence-electron chi connectivity index (χ0n) is 12.7. The van der Waals surface area contributed by atoms with Crippen molar-refractivity contribution in [2.45, 2.75) is 44.2 Å². The highest BCUT2D eigenvalue weighted by Gasteiger charge is 2.31. The summed E-state index contributed by atoms with van der Waals surface area (Å²) in [7, 11) is 0. The Hall–Kier alpha value is -0.970. The van der Waals surface area contributed by atoms with E-state index in [1.54, 1.807) is 0 Å². The third-order valence-corrected chi connectivity index (χ3v) is 4.30. The smallest absolute Gasteiger partial charge is 0.224 e. The number of rotatable bonds is 4. The molecule has 3 N–H and O–H groups in total. The van der Waals surface area contributed by atoms with Crippen LogP contribution in [0, 0.1) is 0 Å². The summed E-state index contributed by atoms with van der Waals surface area (Å²) in [6, 6.07) is 8.73. The zero-order chi connectivity index (χ0) is 13.9. The molecular formula is C16H25Cl2N3O. The van der Waals surface area contributed by atoms with Crippen LogP contribution in [0.2, 0.25) is 0 Å². The molecule has 0 aromatic heterocycles. The second-order valence-electron chi connectivity index (χ2n) is 6.03. The molecule has 1 heterocycles. The van der Waals surface area contributed by atoms with Gasteiger partial charge in [-0.05, 0) is 43.4 Å². The summed E-state index contributed by atoms with van der Waals surface area (Å²) in [4.78, 5) is 14.6. The molecule has 1 saturated heterocycles. The van der Waals surface area contributed by atoms with Crippen molar-refractivity contribution in [2.24, 2.45) is 0 Å². The van der Waals surface area contributed by atoms with Crippen LogP contribution in [0.3, 0.4) is 0 Å². The number of halogens is 2. The van der Waals surface area contributed by atoms with E-state index in [0.29, 0.717) is 12.5 Å². The summed E-state index contributed by atoms with van der Waals surface area (Å²) in [6.45, 7) is 2.27. The maximum Gasteiger partial charge on any atom is 0.224 e. The normalized spacial score (nSPS) is 18.9. The highest BCUT2D eigenvalue weighted by molar-refractivity contribution is 5.85. The molecule has 1 aliphatic carbocycles. The number of piperidine rings is 1. The van der Waals surface area contributed by atoms with Gasteiger partial charge in [0.25, 0.3) is 0 Å². The number of nitrogens with one attached hydrogen (secondary N) is 1. The first kappa shape index (κ1) is 19.1. The minimum Gasteiger partial charge on any atom is -0.399 e. The topological polar surface area (TPSA) is 58.4 Å². The molecule has 1 aromatic rings. The number of likely N-dealkylation sites (tertiary alicyclic amines) is 1. The molecule has 2 fully saturated rings. The van der Waals surface area contributed by atoms with Crippen LogP contribution in [0.25, 0.3) is 0 Å². The average molecular weight is 346 g/mol. The molecule has 4 nitrogen and oxygen atoms in total. The predicted molar refractivity (Wildman–Crippen MR) is 94.8 cm³/mol. The van der Waals surface area contributed by atoms with Crippen LogP contribution in [-0.2, 0) is 11.2 Å². The Labute approximate surface area is 144 Å². The van der Waals surface area contributed by atoms with Crippen molar-refractivity contribution in [1.82, 2.24) is 10.2 Å². The molecule has 0 atom stereocenters. The first-order chi connectivity index (χ1) is 9.70. The number of carbonyl (C=O) groups excluding carboxylic acids is 1. The fourth-order valence-electron chi connectivity index (χ4n) is 2.95. The Balaban J connectivity index is 0.00000121. The Morgan fingerprint density at radius 2 is 1.68 bits per heavy atom. The molecule has 3 rings (SSSR count). The Morgan fingerprint density at radius 1 is 1.09 bits per heavy atom. The number of nitrogens with two attached hydrogens (primary N) is 1. The van der Waals surface area contributed by atoms with Crippen LogP contribution in [-0.4, -0.2) is 36.0 Å². The lowest BCUT2D eigenvalue weighted by molar-refractivity contribution is -0.121. The SMILES string of the molecule is Cl.Cl.Nc1ccc(CC(=O)NC2CCN(C3CC3)CC2)cc1. The van der Waals surface area contributed by atoms with Gasteiger partial charge in [-0.3, -0.25) is 4.79 Å². The monoisotopic (exact) mass is 345 g/mol. The van der Waals surface area contributed by atoms with Crippen molar-refractivity contribution >= 4 is 36.4 Å². The van der Waals surface area contributed by atoms with Crippen LogP contribution in [0.5, 0.6) is 0 Å². The molecule has 2 aliphatic rings. The summed E-state index contributed by atoms with van der Waals surface area (Å²) in [5.41, 5.74) is 7.40. The Kier molecular flexibility index (Phi) is 7.46. The van der Waals surface area contributed by atoms with Gasteiger partial charge in [-0.2, -0.15) is 0 Å². The number of amides is 1. The molecule has 0 spiro atoms. The summed E-state index contributed by atoms with van der Waals surface area (Å²) < 4.78 is 0. The van der Waals surface area contributed by atoms with Gasteiger partial charge in [0.15, 0.2) is 0 Å². The highest BCUT2D eigenvalue weighted by Crippen LogP contribution is 2.29. The molecular weight excluding hydrogens is 321 g/mol. The van der Waals surface area contributed by atoms with E-state index in [4.69, 9.17) is 5.73 Å². The number of nitrogen functional groups attached to an aromatic ring is 1. The van der Waals surface area contributed by atoms with Crippen molar-refractivity contribution < 1.29 is 4.79 Å². The van der Waals surface area contributed by atoms with E-state index in [1.165, 1.54) is 12.8 Å². The predicted octanol–water partition coefficient (Wildman–Crippen LogP) is 2.40. The quantitative estimate of drug-likeness (QED) is 0.823. The lowest BCUT2D eigenvalue weighted by atomic mass is 10.0.